The Bertz CT molecular complexity index is 1000. The lowest BCUT2D eigenvalue weighted by atomic mass is 10.1. The van der Waals surface area contributed by atoms with Crippen LogP contribution in [0.5, 0.6) is 5.88 Å². The summed E-state index contributed by atoms with van der Waals surface area (Å²) in [6.07, 6.45) is 1.16. The Morgan fingerprint density at radius 2 is 1.85 bits per heavy atom. The molecule has 0 saturated heterocycles. The molecule has 3 rings (SSSR count). The van der Waals surface area contributed by atoms with Gasteiger partial charge in [-0.25, -0.2) is 9.67 Å². The summed E-state index contributed by atoms with van der Waals surface area (Å²) in [5.74, 6) is 3.26. The van der Waals surface area contributed by atoms with E-state index in [1.807, 2.05) is 0 Å². The van der Waals surface area contributed by atoms with E-state index in [4.69, 9.17) is 11.2 Å². The Kier molecular flexibility index (Phi) is 4.32. The number of terminal acetylenes is 1. The lowest BCUT2D eigenvalue weighted by Crippen LogP contribution is -2.11. The molecule has 134 valence electrons. The topological polar surface area (TPSA) is 52.8 Å². The number of rotatable bonds is 3. The minimum Gasteiger partial charge on any atom is -0.480 e. The van der Waals surface area contributed by atoms with Crippen LogP contribution < -0.4 is 4.74 Å². The molecule has 3 aromatic rings. The average molecular weight is 360 g/mol. The molecule has 0 aliphatic rings. The van der Waals surface area contributed by atoms with Crippen LogP contribution in [0.25, 0.3) is 11.0 Å². The van der Waals surface area contributed by atoms with Gasteiger partial charge in [0.15, 0.2) is 5.65 Å². The molecule has 0 aliphatic carbocycles. The standard InChI is InChI=1S/C18H15F3N4O/c1-5-14-15-16(22-11(3)23-17(15)26-4)25(24-14)10(2)12-6-8-13(9-7-12)18(19,20)21/h1,6-10H,2-4H3. The zero-order valence-electron chi connectivity index (χ0n) is 14.3. The van der Waals surface area contributed by atoms with Crippen molar-refractivity contribution in [2.75, 3.05) is 7.11 Å². The maximum Gasteiger partial charge on any atom is 0.416 e. The molecule has 0 aliphatic heterocycles. The molecule has 5 nitrogen and oxygen atoms in total. The number of benzene rings is 1. The summed E-state index contributed by atoms with van der Waals surface area (Å²) in [6, 6.07) is 4.53. The minimum atomic E-state index is -4.38. The molecule has 1 atom stereocenters. The van der Waals surface area contributed by atoms with Gasteiger partial charge in [0.1, 0.15) is 16.9 Å². The van der Waals surface area contributed by atoms with Gasteiger partial charge in [-0.15, -0.1) is 6.42 Å². The number of nitrogens with zero attached hydrogens (tertiary/aromatic N) is 4. The van der Waals surface area contributed by atoms with E-state index in [-0.39, 0.29) is 6.04 Å². The first kappa shape index (κ1) is 17.7. The number of ether oxygens (including phenoxy) is 1. The monoisotopic (exact) mass is 360 g/mol. The summed E-state index contributed by atoms with van der Waals surface area (Å²) in [6.45, 7) is 3.51. The van der Waals surface area contributed by atoms with E-state index < -0.39 is 11.7 Å². The first-order valence-corrected chi connectivity index (χ1v) is 7.71. The molecule has 0 spiro atoms. The zero-order chi connectivity index (χ0) is 19.1. The molecule has 0 fully saturated rings. The fraction of sp³-hybridized carbons (Fsp3) is 0.278. The fourth-order valence-corrected chi connectivity index (χ4v) is 2.72. The van der Waals surface area contributed by atoms with Crippen LogP contribution in [0.4, 0.5) is 13.2 Å². The van der Waals surface area contributed by atoms with Crippen LogP contribution in [0.15, 0.2) is 24.3 Å². The SMILES string of the molecule is C#Cc1nn(C(C)c2ccc(C(F)(F)F)cc2)c2nc(C)nc(OC)c12. The van der Waals surface area contributed by atoms with Gasteiger partial charge in [-0.05, 0) is 37.5 Å². The number of aromatic nitrogens is 4. The highest BCUT2D eigenvalue weighted by molar-refractivity contribution is 5.86. The molecule has 26 heavy (non-hydrogen) atoms. The van der Waals surface area contributed by atoms with Crippen LogP contribution in [-0.4, -0.2) is 26.9 Å². The molecule has 0 saturated carbocycles. The molecule has 2 aromatic heterocycles. The summed E-state index contributed by atoms with van der Waals surface area (Å²) < 4.78 is 45.1. The summed E-state index contributed by atoms with van der Waals surface area (Å²) in [5, 5.41) is 4.88. The predicted octanol–water partition coefficient (Wildman–Crippen LogP) is 3.75. The first-order valence-electron chi connectivity index (χ1n) is 7.71. The Morgan fingerprint density at radius 1 is 1.19 bits per heavy atom. The largest absolute Gasteiger partial charge is 0.480 e. The second kappa shape index (κ2) is 6.33. The van der Waals surface area contributed by atoms with Gasteiger partial charge in [-0.2, -0.15) is 23.3 Å². The minimum absolute atomic E-state index is 0.311. The Balaban J connectivity index is 2.13. The number of halogens is 3. The molecule has 0 radical (unpaired) electrons. The third kappa shape index (κ3) is 2.96. The van der Waals surface area contributed by atoms with E-state index in [0.717, 1.165) is 12.1 Å². The third-order valence-corrected chi connectivity index (χ3v) is 4.05. The fourth-order valence-electron chi connectivity index (χ4n) is 2.72. The highest BCUT2D eigenvalue weighted by atomic mass is 19.4. The van der Waals surface area contributed by atoms with Crippen LogP contribution in [0.1, 0.15) is 35.6 Å². The van der Waals surface area contributed by atoms with Gasteiger partial charge in [-0.3, -0.25) is 0 Å². The van der Waals surface area contributed by atoms with Crippen molar-refractivity contribution in [2.45, 2.75) is 26.1 Å². The molecular formula is C18H15F3N4O. The van der Waals surface area contributed by atoms with Gasteiger partial charge < -0.3 is 4.74 Å². The van der Waals surface area contributed by atoms with Crippen molar-refractivity contribution in [3.05, 3.63) is 46.9 Å². The second-order valence-corrected chi connectivity index (χ2v) is 5.71. The summed E-state index contributed by atoms with van der Waals surface area (Å²) in [7, 11) is 1.47. The summed E-state index contributed by atoms with van der Waals surface area (Å²) >= 11 is 0. The Hall–Kier alpha value is -3.08. The van der Waals surface area contributed by atoms with E-state index in [0.29, 0.717) is 34.0 Å². The van der Waals surface area contributed by atoms with Crippen LogP contribution in [0.3, 0.4) is 0 Å². The van der Waals surface area contributed by atoms with Crippen molar-refractivity contribution in [2.24, 2.45) is 0 Å². The summed E-state index contributed by atoms with van der Waals surface area (Å²) in [4.78, 5) is 8.60. The van der Waals surface area contributed by atoms with Crippen LogP contribution in [0.2, 0.25) is 0 Å². The molecule has 1 aromatic carbocycles. The van der Waals surface area contributed by atoms with Gasteiger partial charge in [0.2, 0.25) is 5.88 Å². The second-order valence-electron chi connectivity index (χ2n) is 5.71. The molecule has 2 heterocycles. The van der Waals surface area contributed by atoms with E-state index in [1.54, 1.807) is 18.5 Å². The lowest BCUT2D eigenvalue weighted by molar-refractivity contribution is -0.137. The number of hydrogen-bond acceptors (Lipinski definition) is 4. The van der Waals surface area contributed by atoms with Gasteiger partial charge in [0.05, 0.1) is 18.7 Å². The van der Waals surface area contributed by atoms with E-state index in [9.17, 15) is 13.2 Å². The van der Waals surface area contributed by atoms with E-state index in [1.165, 1.54) is 19.2 Å². The highest BCUT2D eigenvalue weighted by Crippen LogP contribution is 2.32. The number of aryl methyl sites for hydroxylation is 1. The van der Waals surface area contributed by atoms with Crippen LogP contribution in [0, 0.1) is 19.3 Å². The Morgan fingerprint density at radius 3 is 2.38 bits per heavy atom. The van der Waals surface area contributed by atoms with Gasteiger partial charge >= 0.3 is 6.18 Å². The van der Waals surface area contributed by atoms with Gasteiger partial charge in [0.25, 0.3) is 0 Å². The smallest absolute Gasteiger partial charge is 0.416 e. The van der Waals surface area contributed by atoms with Crippen molar-refractivity contribution in [3.8, 4) is 18.2 Å². The number of hydrogen-bond donors (Lipinski definition) is 0. The third-order valence-electron chi connectivity index (χ3n) is 4.05. The lowest BCUT2D eigenvalue weighted by Gasteiger charge is -2.15. The Labute approximate surface area is 147 Å². The molecule has 0 amide bonds. The molecule has 8 heteroatoms. The normalized spacial score (nSPS) is 12.8. The van der Waals surface area contributed by atoms with Crippen molar-refractivity contribution in [3.63, 3.8) is 0 Å². The number of methoxy groups -OCH3 is 1. The van der Waals surface area contributed by atoms with Gasteiger partial charge in [-0.1, -0.05) is 12.1 Å². The quantitative estimate of drug-likeness (QED) is 0.668. The molecule has 1 unspecified atom stereocenters. The van der Waals surface area contributed by atoms with Crippen molar-refractivity contribution < 1.29 is 17.9 Å². The molecule has 0 N–H and O–H groups in total. The molecular weight excluding hydrogens is 345 g/mol. The number of alkyl halides is 3. The maximum atomic E-state index is 12.8. The predicted molar refractivity (Wildman–Crippen MR) is 89.8 cm³/mol. The maximum absolute atomic E-state index is 12.8. The highest BCUT2D eigenvalue weighted by Gasteiger charge is 2.30. The van der Waals surface area contributed by atoms with Crippen molar-refractivity contribution in [1.29, 1.82) is 0 Å². The van der Waals surface area contributed by atoms with E-state index in [2.05, 4.69) is 21.0 Å². The van der Waals surface area contributed by atoms with Gasteiger partial charge in [0, 0.05) is 0 Å². The molecule has 0 bridgehead atoms. The van der Waals surface area contributed by atoms with Crippen LogP contribution in [-0.2, 0) is 6.18 Å². The van der Waals surface area contributed by atoms with Crippen LogP contribution >= 0.6 is 0 Å². The van der Waals surface area contributed by atoms with Crippen molar-refractivity contribution in [1.82, 2.24) is 19.7 Å². The van der Waals surface area contributed by atoms with E-state index >= 15 is 0 Å². The average Bonchev–Trinajstić information content (AvgIpc) is 2.98. The number of fused-ring (bicyclic) bond motifs is 1. The zero-order valence-corrected chi connectivity index (χ0v) is 14.3. The first-order chi connectivity index (χ1) is 12.3. The summed E-state index contributed by atoms with van der Waals surface area (Å²) in [5.41, 5.74) is 0.717. The van der Waals surface area contributed by atoms with Crippen molar-refractivity contribution >= 4 is 11.0 Å².